The van der Waals surface area contributed by atoms with Crippen LogP contribution in [0, 0.1) is 5.82 Å². The topological polar surface area (TPSA) is 22.1 Å². The maximum Gasteiger partial charge on any atom is 0.141 e. The Morgan fingerprint density at radius 3 is 2.79 bits per heavy atom. The highest BCUT2D eigenvalue weighted by Crippen LogP contribution is 2.23. The van der Waals surface area contributed by atoms with Crippen molar-refractivity contribution < 1.29 is 9.13 Å². The first-order valence-electron chi connectivity index (χ1n) is 6.10. The van der Waals surface area contributed by atoms with Crippen molar-refractivity contribution in [1.29, 1.82) is 0 Å². The van der Waals surface area contributed by atoms with Crippen LogP contribution >= 0.6 is 15.9 Å². The van der Waals surface area contributed by atoms with Crippen molar-refractivity contribution >= 4 is 15.9 Å². The maximum absolute atomic E-state index is 13.8. The van der Waals surface area contributed by atoms with Crippen LogP contribution in [0.15, 0.2) is 41.0 Å². The first kappa shape index (κ1) is 14.0. The average Bonchev–Trinajstić information content (AvgIpc) is 2.34. The Morgan fingerprint density at radius 2 is 2.11 bits per heavy atom. The Labute approximate surface area is 120 Å². The Kier molecular flexibility index (Phi) is 4.53. The zero-order valence-corrected chi connectivity index (χ0v) is 12.4. The van der Waals surface area contributed by atoms with Crippen LogP contribution in [0.3, 0.4) is 0 Å². The van der Waals surface area contributed by atoms with Crippen LogP contribution in [0.5, 0.6) is 5.75 Å². The van der Waals surface area contributed by atoms with E-state index in [1.807, 2.05) is 32.0 Å². The monoisotopic (exact) mass is 323 g/mol. The van der Waals surface area contributed by atoms with Gasteiger partial charge in [0.2, 0.25) is 0 Å². The number of hydrogen-bond donors (Lipinski definition) is 0. The van der Waals surface area contributed by atoms with Gasteiger partial charge in [-0.3, -0.25) is 4.98 Å². The van der Waals surface area contributed by atoms with Gasteiger partial charge in [0.25, 0.3) is 0 Å². The van der Waals surface area contributed by atoms with Crippen LogP contribution in [0.25, 0.3) is 0 Å². The van der Waals surface area contributed by atoms with E-state index >= 15 is 0 Å². The van der Waals surface area contributed by atoms with E-state index in [1.54, 1.807) is 12.3 Å². The first-order chi connectivity index (χ1) is 9.06. The molecular weight excluding hydrogens is 309 g/mol. The number of pyridine rings is 1. The number of hydrogen-bond acceptors (Lipinski definition) is 2. The highest BCUT2D eigenvalue weighted by molar-refractivity contribution is 9.10. The molecule has 0 spiro atoms. The molecule has 0 amide bonds. The molecule has 0 bridgehead atoms. The molecule has 0 N–H and O–H groups in total. The fourth-order valence-electron chi connectivity index (χ4n) is 1.76. The zero-order chi connectivity index (χ0) is 13.8. The maximum atomic E-state index is 13.8. The number of ether oxygens (including phenoxy) is 1. The Bertz CT molecular complexity index is 572. The minimum atomic E-state index is -0.240. The molecule has 0 saturated heterocycles. The van der Waals surface area contributed by atoms with E-state index in [0.717, 1.165) is 10.2 Å². The summed E-state index contributed by atoms with van der Waals surface area (Å²) in [7, 11) is 0. The molecule has 0 atom stereocenters. The predicted octanol–water partition coefficient (Wildman–Crippen LogP) is 4.36. The Balaban J connectivity index is 2.27. The van der Waals surface area contributed by atoms with Gasteiger partial charge in [0.15, 0.2) is 0 Å². The summed E-state index contributed by atoms with van der Waals surface area (Å²) in [4.78, 5) is 4.29. The Hall–Kier alpha value is -1.42. The molecule has 0 aliphatic heterocycles. The summed E-state index contributed by atoms with van der Waals surface area (Å²) in [5, 5.41) is 0. The lowest BCUT2D eigenvalue weighted by Gasteiger charge is -2.13. The molecular formula is C15H15BrFNO. The zero-order valence-electron chi connectivity index (χ0n) is 10.9. The minimum absolute atomic E-state index is 0.0673. The molecule has 1 aromatic carbocycles. The van der Waals surface area contributed by atoms with E-state index in [2.05, 4.69) is 20.9 Å². The van der Waals surface area contributed by atoms with E-state index in [0.29, 0.717) is 17.7 Å². The lowest BCUT2D eigenvalue weighted by Crippen LogP contribution is -2.08. The summed E-state index contributed by atoms with van der Waals surface area (Å²) < 4.78 is 20.2. The van der Waals surface area contributed by atoms with Gasteiger partial charge in [-0.2, -0.15) is 0 Å². The van der Waals surface area contributed by atoms with Crippen LogP contribution in [0.4, 0.5) is 4.39 Å². The molecule has 1 heterocycles. The number of rotatable bonds is 4. The minimum Gasteiger partial charge on any atom is -0.489 e. The van der Waals surface area contributed by atoms with Crippen LogP contribution in [-0.4, -0.2) is 11.1 Å². The van der Waals surface area contributed by atoms with Gasteiger partial charge in [-0.05, 0) is 43.7 Å². The van der Waals surface area contributed by atoms with Gasteiger partial charge in [-0.15, -0.1) is 0 Å². The molecule has 4 heteroatoms. The van der Waals surface area contributed by atoms with Crippen LogP contribution < -0.4 is 4.74 Å². The number of aromatic nitrogens is 1. The van der Waals surface area contributed by atoms with Gasteiger partial charge in [-0.1, -0.05) is 22.0 Å². The second-order valence-corrected chi connectivity index (χ2v) is 5.44. The SMILES string of the molecule is CC(C)Oc1cccnc1Cc1ccc(Br)cc1F. The van der Waals surface area contributed by atoms with Crippen molar-refractivity contribution in [2.24, 2.45) is 0 Å². The normalized spacial score (nSPS) is 10.8. The van der Waals surface area contributed by atoms with Crippen molar-refractivity contribution in [2.75, 3.05) is 0 Å². The van der Waals surface area contributed by atoms with E-state index in [1.165, 1.54) is 6.07 Å². The molecule has 1 aromatic heterocycles. The van der Waals surface area contributed by atoms with Gasteiger partial charge in [-0.25, -0.2) is 4.39 Å². The molecule has 0 saturated carbocycles. The molecule has 0 unspecified atom stereocenters. The number of benzene rings is 1. The lowest BCUT2D eigenvalue weighted by molar-refractivity contribution is 0.239. The van der Waals surface area contributed by atoms with Crippen molar-refractivity contribution in [3.8, 4) is 5.75 Å². The molecule has 0 fully saturated rings. The van der Waals surface area contributed by atoms with Crippen molar-refractivity contribution in [2.45, 2.75) is 26.4 Å². The largest absolute Gasteiger partial charge is 0.489 e. The lowest BCUT2D eigenvalue weighted by atomic mass is 10.1. The van der Waals surface area contributed by atoms with E-state index < -0.39 is 0 Å². The smallest absolute Gasteiger partial charge is 0.141 e. The highest BCUT2D eigenvalue weighted by atomic mass is 79.9. The summed E-state index contributed by atoms with van der Waals surface area (Å²) in [6.07, 6.45) is 2.18. The third-order valence-electron chi connectivity index (χ3n) is 2.58. The summed E-state index contributed by atoms with van der Waals surface area (Å²) in [5.41, 5.74) is 1.35. The first-order valence-corrected chi connectivity index (χ1v) is 6.90. The van der Waals surface area contributed by atoms with Crippen molar-refractivity contribution in [3.63, 3.8) is 0 Å². The quantitative estimate of drug-likeness (QED) is 0.834. The van der Waals surface area contributed by atoms with Crippen molar-refractivity contribution in [3.05, 3.63) is 58.1 Å². The third kappa shape index (κ3) is 3.77. The predicted molar refractivity (Wildman–Crippen MR) is 76.9 cm³/mol. The molecule has 100 valence electrons. The fraction of sp³-hybridized carbons (Fsp3) is 0.267. The molecule has 2 aromatic rings. The van der Waals surface area contributed by atoms with Crippen molar-refractivity contribution in [1.82, 2.24) is 4.98 Å². The fourth-order valence-corrected chi connectivity index (χ4v) is 2.10. The summed E-state index contributed by atoms with van der Waals surface area (Å²) in [5.74, 6) is 0.468. The van der Waals surface area contributed by atoms with Crippen LogP contribution in [0.1, 0.15) is 25.1 Å². The number of halogens is 2. The summed E-state index contributed by atoms with van der Waals surface area (Å²) in [6.45, 7) is 3.91. The van der Waals surface area contributed by atoms with Gasteiger partial charge in [0, 0.05) is 17.1 Å². The highest BCUT2D eigenvalue weighted by Gasteiger charge is 2.10. The van der Waals surface area contributed by atoms with Crippen LogP contribution in [0.2, 0.25) is 0 Å². The second-order valence-electron chi connectivity index (χ2n) is 4.53. The molecule has 0 radical (unpaired) electrons. The molecule has 2 rings (SSSR count). The van der Waals surface area contributed by atoms with Gasteiger partial charge in [0.05, 0.1) is 11.8 Å². The second kappa shape index (κ2) is 6.15. The van der Waals surface area contributed by atoms with E-state index in [9.17, 15) is 4.39 Å². The van der Waals surface area contributed by atoms with Gasteiger partial charge < -0.3 is 4.74 Å². The van der Waals surface area contributed by atoms with Crippen LogP contribution in [-0.2, 0) is 6.42 Å². The summed E-state index contributed by atoms with van der Waals surface area (Å²) in [6, 6.07) is 8.72. The van der Waals surface area contributed by atoms with Gasteiger partial charge >= 0.3 is 0 Å². The molecule has 0 aliphatic rings. The third-order valence-corrected chi connectivity index (χ3v) is 3.08. The summed E-state index contributed by atoms with van der Waals surface area (Å²) >= 11 is 3.25. The van der Waals surface area contributed by atoms with E-state index in [4.69, 9.17) is 4.74 Å². The van der Waals surface area contributed by atoms with Gasteiger partial charge in [0.1, 0.15) is 11.6 Å². The average molecular weight is 324 g/mol. The number of nitrogens with zero attached hydrogens (tertiary/aromatic N) is 1. The molecule has 19 heavy (non-hydrogen) atoms. The standard InChI is InChI=1S/C15H15BrFNO/c1-10(2)19-15-4-3-7-18-14(15)8-11-5-6-12(16)9-13(11)17/h3-7,9-10H,8H2,1-2H3. The Morgan fingerprint density at radius 1 is 1.32 bits per heavy atom. The molecule has 0 aliphatic carbocycles. The van der Waals surface area contributed by atoms with E-state index in [-0.39, 0.29) is 11.9 Å². The molecule has 2 nitrogen and oxygen atoms in total.